The lowest BCUT2D eigenvalue weighted by Crippen LogP contribution is -2.19. The number of nitrogens with one attached hydrogen (secondary N) is 1. The first kappa shape index (κ1) is 20.3. The lowest BCUT2D eigenvalue weighted by atomic mass is 10.1. The van der Waals surface area contributed by atoms with Crippen molar-refractivity contribution in [2.45, 2.75) is 13.0 Å². The fraction of sp³-hybridized carbons (Fsp3) is 0.136. The quantitative estimate of drug-likeness (QED) is 0.349. The third-order valence-electron chi connectivity index (χ3n) is 4.00. The van der Waals surface area contributed by atoms with Gasteiger partial charge in [0, 0.05) is 10.4 Å². The summed E-state index contributed by atoms with van der Waals surface area (Å²) < 4.78 is 10.6. The molecule has 0 spiro atoms. The van der Waals surface area contributed by atoms with Crippen LogP contribution in [0.25, 0.3) is 0 Å². The predicted octanol–water partition coefficient (Wildman–Crippen LogP) is 3.81. The molecule has 29 heavy (non-hydrogen) atoms. The van der Waals surface area contributed by atoms with Gasteiger partial charge in [-0.3, -0.25) is 4.79 Å². The molecular formula is C22H20N2O4S. The van der Waals surface area contributed by atoms with Gasteiger partial charge >= 0.3 is 5.97 Å². The molecular weight excluding hydrogens is 388 g/mol. The van der Waals surface area contributed by atoms with Gasteiger partial charge in [-0.05, 0) is 41.3 Å². The van der Waals surface area contributed by atoms with E-state index in [0.717, 1.165) is 16.0 Å². The molecule has 0 saturated carbocycles. The Morgan fingerprint density at radius 2 is 1.86 bits per heavy atom. The highest BCUT2D eigenvalue weighted by molar-refractivity contribution is 7.10. The molecule has 6 nitrogen and oxygen atoms in total. The van der Waals surface area contributed by atoms with Crippen LogP contribution in [-0.4, -0.2) is 25.2 Å². The number of hydrazone groups is 1. The summed E-state index contributed by atoms with van der Waals surface area (Å²) in [6.07, 6.45) is 1.86. The summed E-state index contributed by atoms with van der Waals surface area (Å²) in [4.78, 5) is 24.4. The number of ether oxygens (including phenoxy) is 2. The van der Waals surface area contributed by atoms with E-state index in [9.17, 15) is 9.59 Å². The summed E-state index contributed by atoms with van der Waals surface area (Å²) in [5.74, 6) is 0.0914. The number of carbonyl (C=O) groups is 2. The number of methoxy groups -OCH3 is 1. The molecule has 0 aliphatic carbocycles. The molecule has 2 aromatic carbocycles. The lowest BCUT2D eigenvalue weighted by Gasteiger charge is -2.09. The second-order valence-electron chi connectivity index (χ2n) is 6.06. The number of hydrogen-bond donors (Lipinski definition) is 1. The maximum absolute atomic E-state index is 11.9. The van der Waals surface area contributed by atoms with E-state index in [1.54, 1.807) is 18.3 Å². The first-order valence-corrected chi connectivity index (χ1v) is 9.77. The number of esters is 1. The Morgan fingerprint density at radius 1 is 1.07 bits per heavy atom. The van der Waals surface area contributed by atoms with Crippen molar-refractivity contribution in [2.75, 3.05) is 7.11 Å². The fourth-order valence-corrected chi connectivity index (χ4v) is 3.22. The molecule has 0 radical (unpaired) electrons. The van der Waals surface area contributed by atoms with E-state index < -0.39 is 0 Å². The summed E-state index contributed by atoms with van der Waals surface area (Å²) >= 11 is 1.53. The zero-order chi connectivity index (χ0) is 20.5. The molecule has 0 atom stereocenters. The minimum absolute atomic E-state index is 0.173. The van der Waals surface area contributed by atoms with Crippen LogP contribution in [0.3, 0.4) is 0 Å². The van der Waals surface area contributed by atoms with Gasteiger partial charge in [0.15, 0.2) is 0 Å². The normalized spacial score (nSPS) is 10.7. The maximum Gasteiger partial charge on any atom is 0.337 e. The van der Waals surface area contributed by atoms with Gasteiger partial charge in [0.1, 0.15) is 12.4 Å². The maximum atomic E-state index is 11.9. The van der Waals surface area contributed by atoms with Crippen LogP contribution < -0.4 is 10.2 Å². The fourth-order valence-electron chi connectivity index (χ4n) is 2.52. The number of amides is 1. The van der Waals surface area contributed by atoms with Gasteiger partial charge in [-0.2, -0.15) is 5.10 Å². The molecule has 0 aliphatic heterocycles. The van der Waals surface area contributed by atoms with Crippen molar-refractivity contribution in [3.63, 3.8) is 0 Å². The van der Waals surface area contributed by atoms with Crippen molar-refractivity contribution in [2.24, 2.45) is 5.10 Å². The van der Waals surface area contributed by atoms with Crippen LogP contribution in [-0.2, 0) is 22.6 Å². The summed E-state index contributed by atoms with van der Waals surface area (Å²) in [6, 6.07) is 18.3. The van der Waals surface area contributed by atoms with Crippen LogP contribution in [0.4, 0.5) is 0 Å². The van der Waals surface area contributed by atoms with E-state index in [1.165, 1.54) is 18.4 Å². The number of carbonyl (C=O) groups excluding carboxylic acids is 2. The van der Waals surface area contributed by atoms with Crippen LogP contribution in [0, 0.1) is 0 Å². The van der Waals surface area contributed by atoms with E-state index in [2.05, 4.69) is 10.5 Å². The molecule has 1 heterocycles. The monoisotopic (exact) mass is 408 g/mol. The third kappa shape index (κ3) is 6.02. The van der Waals surface area contributed by atoms with Crippen molar-refractivity contribution in [3.8, 4) is 5.75 Å². The van der Waals surface area contributed by atoms with E-state index in [4.69, 9.17) is 9.47 Å². The van der Waals surface area contributed by atoms with E-state index in [1.807, 2.05) is 53.9 Å². The molecule has 7 heteroatoms. The molecule has 0 unspecified atom stereocenters. The highest BCUT2D eigenvalue weighted by Crippen LogP contribution is 2.18. The van der Waals surface area contributed by atoms with Crippen molar-refractivity contribution >= 4 is 29.4 Å². The van der Waals surface area contributed by atoms with Crippen LogP contribution in [0.5, 0.6) is 5.75 Å². The van der Waals surface area contributed by atoms with Crippen LogP contribution in [0.2, 0.25) is 0 Å². The van der Waals surface area contributed by atoms with Crippen molar-refractivity contribution in [1.82, 2.24) is 5.43 Å². The predicted molar refractivity (Wildman–Crippen MR) is 112 cm³/mol. The van der Waals surface area contributed by atoms with Crippen LogP contribution in [0.1, 0.15) is 26.4 Å². The number of hydrogen-bond acceptors (Lipinski definition) is 6. The van der Waals surface area contributed by atoms with E-state index in [0.29, 0.717) is 24.3 Å². The Hall–Kier alpha value is -3.45. The number of nitrogens with zero attached hydrogens (tertiary/aromatic N) is 1. The molecule has 1 aromatic heterocycles. The molecule has 3 aromatic rings. The van der Waals surface area contributed by atoms with Gasteiger partial charge in [-0.25, -0.2) is 10.2 Å². The molecule has 148 valence electrons. The minimum atomic E-state index is -0.375. The molecule has 3 rings (SSSR count). The Balaban J connectivity index is 1.57. The Kier molecular flexibility index (Phi) is 7.13. The summed E-state index contributed by atoms with van der Waals surface area (Å²) in [6.45, 7) is 0.330. The number of benzene rings is 2. The zero-order valence-corrected chi connectivity index (χ0v) is 16.6. The van der Waals surface area contributed by atoms with E-state index >= 15 is 0 Å². The van der Waals surface area contributed by atoms with E-state index in [-0.39, 0.29) is 11.9 Å². The second-order valence-corrected chi connectivity index (χ2v) is 7.10. The average Bonchev–Trinajstić information content (AvgIpc) is 3.26. The van der Waals surface area contributed by atoms with Gasteiger partial charge in [-0.1, -0.05) is 30.3 Å². The largest absolute Gasteiger partial charge is 0.488 e. The highest BCUT2D eigenvalue weighted by atomic mass is 32.1. The second kappa shape index (κ2) is 10.2. The SMILES string of the molecule is COC(=O)c1ccc(COc2ccccc2/C=N/NC(=O)Cc2cccs2)cc1. The van der Waals surface area contributed by atoms with Gasteiger partial charge in [0.2, 0.25) is 5.91 Å². The Bertz CT molecular complexity index is 982. The first-order valence-electron chi connectivity index (χ1n) is 8.89. The number of para-hydroxylation sites is 1. The Morgan fingerprint density at radius 3 is 2.59 bits per heavy atom. The van der Waals surface area contributed by atoms with Crippen molar-refractivity contribution in [1.29, 1.82) is 0 Å². The van der Waals surface area contributed by atoms with Gasteiger partial charge in [-0.15, -0.1) is 11.3 Å². The van der Waals surface area contributed by atoms with Gasteiger partial charge < -0.3 is 9.47 Å². The third-order valence-corrected chi connectivity index (χ3v) is 4.87. The van der Waals surface area contributed by atoms with Gasteiger partial charge in [0.05, 0.1) is 25.3 Å². The first-order chi connectivity index (χ1) is 14.2. The molecule has 0 bridgehead atoms. The highest BCUT2D eigenvalue weighted by Gasteiger charge is 2.06. The number of rotatable bonds is 8. The molecule has 1 N–H and O–H groups in total. The smallest absolute Gasteiger partial charge is 0.337 e. The molecule has 0 saturated heterocycles. The minimum Gasteiger partial charge on any atom is -0.488 e. The summed E-state index contributed by atoms with van der Waals surface area (Å²) in [5.41, 5.74) is 4.67. The zero-order valence-electron chi connectivity index (χ0n) is 15.8. The standard InChI is InChI=1S/C22H20N2O4S/c1-27-22(26)17-10-8-16(9-11-17)15-28-20-7-3-2-5-18(20)14-23-24-21(25)13-19-6-4-12-29-19/h2-12,14H,13,15H2,1H3,(H,24,25)/b23-14+. The average molecular weight is 408 g/mol. The molecule has 0 aliphatic rings. The van der Waals surface area contributed by atoms with Crippen LogP contribution in [0.15, 0.2) is 71.1 Å². The summed E-state index contributed by atoms with van der Waals surface area (Å²) in [5, 5.41) is 5.96. The summed E-state index contributed by atoms with van der Waals surface area (Å²) in [7, 11) is 1.35. The van der Waals surface area contributed by atoms with Crippen molar-refractivity contribution < 1.29 is 19.1 Å². The lowest BCUT2D eigenvalue weighted by molar-refractivity contribution is -0.120. The van der Waals surface area contributed by atoms with Crippen molar-refractivity contribution in [3.05, 3.63) is 87.6 Å². The molecule has 1 amide bonds. The molecule has 0 fully saturated rings. The van der Waals surface area contributed by atoms with Gasteiger partial charge in [0.25, 0.3) is 0 Å². The number of thiophene rings is 1. The Labute approximate surface area is 172 Å². The van der Waals surface area contributed by atoms with Crippen LogP contribution >= 0.6 is 11.3 Å². The topological polar surface area (TPSA) is 77.0 Å².